The highest BCUT2D eigenvalue weighted by molar-refractivity contribution is 7.78. The van der Waals surface area contributed by atoms with Crippen LogP contribution in [0.4, 0.5) is 0 Å². The highest BCUT2D eigenvalue weighted by Crippen LogP contribution is 2.15. The standard InChI is InChI=1S/C12H21NO4S/c1-3-4-8-17-11(15)12(13,10(14)16-2)7-5-6-9-18/h9H,3-8,13H2,1-2H3. The number of carbonyl (C=O) groups is 2. The van der Waals surface area contributed by atoms with Crippen LogP contribution in [0, 0.1) is 0 Å². The van der Waals surface area contributed by atoms with Gasteiger partial charge in [-0.15, -0.1) is 0 Å². The van der Waals surface area contributed by atoms with Gasteiger partial charge in [0.1, 0.15) is 0 Å². The third kappa shape index (κ3) is 5.10. The summed E-state index contributed by atoms with van der Waals surface area (Å²) in [6, 6.07) is 0. The third-order valence-electron chi connectivity index (χ3n) is 2.54. The minimum absolute atomic E-state index is 0.164. The molecule has 0 aromatic carbocycles. The van der Waals surface area contributed by atoms with E-state index in [1.165, 1.54) is 7.11 Å². The summed E-state index contributed by atoms with van der Waals surface area (Å²) in [6.45, 7) is 2.24. The van der Waals surface area contributed by atoms with E-state index in [1.807, 2.05) is 6.92 Å². The molecule has 6 heteroatoms. The number of hydrogen-bond donors (Lipinski definition) is 1. The van der Waals surface area contributed by atoms with Crippen molar-refractivity contribution in [2.75, 3.05) is 13.7 Å². The lowest BCUT2D eigenvalue weighted by molar-refractivity contribution is -0.163. The van der Waals surface area contributed by atoms with E-state index in [9.17, 15) is 9.59 Å². The molecule has 5 nitrogen and oxygen atoms in total. The van der Waals surface area contributed by atoms with Gasteiger partial charge in [0.25, 0.3) is 0 Å². The van der Waals surface area contributed by atoms with Crippen molar-refractivity contribution in [3.8, 4) is 0 Å². The van der Waals surface area contributed by atoms with Crippen LogP contribution in [0.3, 0.4) is 0 Å². The molecule has 0 aliphatic heterocycles. The molecule has 2 N–H and O–H groups in total. The molecule has 0 fully saturated rings. The largest absolute Gasteiger partial charge is 0.467 e. The molecule has 0 rings (SSSR count). The van der Waals surface area contributed by atoms with E-state index in [0.29, 0.717) is 12.8 Å². The van der Waals surface area contributed by atoms with E-state index in [2.05, 4.69) is 17.0 Å². The molecule has 0 saturated heterocycles. The average Bonchev–Trinajstić information content (AvgIpc) is 2.37. The first-order chi connectivity index (χ1) is 8.52. The monoisotopic (exact) mass is 275 g/mol. The van der Waals surface area contributed by atoms with Gasteiger partial charge in [-0.1, -0.05) is 25.6 Å². The van der Waals surface area contributed by atoms with Crippen LogP contribution in [0.2, 0.25) is 0 Å². The predicted octanol–water partition coefficient (Wildman–Crippen LogP) is 1.37. The topological polar surface area (TPSA) is 78.6 Å². The molecule has 0 aromatic heterocycles. The highest BCUT2D eigenvalue weighted by Gasteiger charge is 2.44. The van der Waals surface area contributed by atoms with E-state index in [1.54, 1.807) is 5.37 Å². The molecule has 0 saturated carbocycles. The minimum Gasteiger partial charge on any atom is -0.467 e. The maximum atomic E-state index is 11.9. The van der Waals surface area contributed by atoms with Crippen LogP contribution in [0.5, 0.6) is 0 Å². The summed E-state index contributed by atoms with van der Waals surface area (Å²) >= 11 is 4.69. The molecule has 18 heavy (non-hydrogen) atoms. The van der Waals surface area contributed by atoms with Gasteiger partial charge >= 0.3 is 11.9 Å². The number of unbranched alkanes of at least 4 members (excludes halogenated alkanes) is 2. The summed E-state index contributed by atoms with van der Waals surface area (Å²) < 4.78 is 9.57. The van der Waals surface area contributed by atoms with Crippen molar-refractivity contribution in [2.24, 2.45) is 5.73 Å². The van der Waals surface area contributed by atoms with Crippen molar-refractivity contribution in [3.63, 3.8) is 0 Å². The molecule has 0 spiro atoms. The Labute approximate surface area is 113 Å². The maximum absolute atomic E-state index is 11.9. The van der Waals surface area contributed by atoms with Gasteiger partial charge in [-0.05, 0) is 31.1 Å². The van der Waals surface area contributed by atoms with Gasteiger partial charge in [0.05, 0.1) is 13.7 Å². The summed E-state index contributed by atoms with van der Waals surface area (Å²) in [5, 5.41) is 1.54. The summed E-state index contributed by atoms with van der Waals surface area (Å²) in [7, 11) is 1.20. The fraction of sp³-hybridized carbons (Fsp3) is 0.750. The third-order valence-corrected chi connectivity index (χ3v) is 2.77. The van der Waals surface area contributed by atoms with Gasteiger partial charge in [0.2, 0.25) is 5.54 Å². The number of rotatable bonds is 9. The van der Waals surface area contributed by atoms with Crippen LogP contribution in [0.25, 0.3) is 0 Å². The van der Waals surface area contributed by atoms with E-state index in [0.717, 1.165) is 12.8 Å². The zero-order chi connectivity index (χ0) is 14.0. The van der Waals surface area contributed by atoms with Gasteiger partial charge in [0.15, 0.2) is 0 Å². The lowest BCUT2D eigenvalue weighted by Crippen LogP contribution is -2.56. The summed E-state index contributed by atoms with van der Waals surface area (Å²) in [5.41, 5.74) is 4.10. The van der Waals surface area contributed by atoms with E-state index in [-0.39, 0.29) is 13.0 Å². The second kappa shape index (κ2) is 8.99. The van der Waals surface area contributed by atoms with Gasteiger partial charge in [-0.3, -0.25) is 0 Å². The number of carbonyl (C=O) groups excluding carboxylic acids is 2. The number of esters is 2. The molecule has 0 heterocycles. The zero-order valence-electron chi connectivity index (χ0n) is 10.9. The van der Waals surface area contributed by atoms with Crippen LogP contribution in [0.1, 0.15) is 39.0 Å². The van der Waals surface area contributed by atoms with Crippen LogP contribution in [0.15, 0.2) is 0 Å². The molecule has 0 bridgehead atoms. The Balaban J connectivity index is 4.58. The van der Waals surface area contributed by atoms with Crippen molar-refractivity contribution in [1.82, 2.24) is 0 Å². The number of nitrogens with two attached hydrogens (primary N) is 1. The second-order valence-corrected chi connectivity index (χ2v) is 4.34. The highest BCUT2D eigenvalue weighted by atomic mass is 32.1. The predicted molar refractivity (Wildman–Crippen MR) is 72.3 cm³/mol. The molecular weight excluding hydrogens is 254 g/mol. The maximum Gasteiger partial charge on any atom is 0.337 e. The van der Waals surface area contributed by atoms with Crippen LogP contribution >= 0.6 is 12.2 Å². The van der Waals surface area contributed by atoms with Gasteiger partial charge in [-0.25, -0.2) is 9.59 Å². The molecule has 0 amide bonds. The fourth-order valence-electron chi connectivity index (χ4n) is 1.37. The number of hydrogen-bond acceptors (Lipinski definition) is 6. The van der Waals surface area contributed by atoms with Gasteiger partial charge in [0, 0.05) is 0 Å². The van der Waals surface area contributed by atoms with Crippen molar-refractivity contribution in [1.29, 1.82) is 0 Å². The first-order valence-electron chi connectivity index (χ1n) is 6.01. The molecular formula is C12H21NO4S. The van der Waals surface area contributed by atoms with Gasteiger partial charge < -0.3 is 15.2 Å². The van der Waals surface area contributed by atoms with Crippen LogP contribution < -0.4 is 5.73 Å². The Morgan fingerprint density at radius 1 is 1.33 bits per heavy atom. The molecule has 0 radical (unpaired) electrons. The quantitative estimate of drug-likeness (QED) is 0.296. The first kappa shape index (κ1) is 17.0. The van der Waals surface area contributed by atoms with Gasteiger partial charge in [-0.2, -0.15) is 0 Å². The van der Waals surface area contributed by atoms with E-state index >= 15 is 0 Å². The number of thiocarbonyl (C=S) groups is 1. The summed E-state index contributed by atoms with van der Waals surface area (Å²) in [5.74, 6) is -1.50. The Morgan fingerprint density at radius 3 is 2.50 bits per heavy atom. The molecule has 1 atom stereocenters. The Morgan fingerprint density at radius 2 is 2.00 bits per heavy atom. The Bertz CT molecular complexity index is 296. The van der Waals surface area contributed by atoms with Crippen LogP contribution in [-0.4, -0.2) is 36.6 Å². The van der Waals surface area contributed by atoms with E-state index in [4.69, 9.17) is 10.5 Å². The SMILES string of the molecule is CCCCOC(=O)C(N)(CCCC=S)C(=O)OC. The zero-order valence-corrected chi connectivity index (χ0v) is 11.8. The molecule has 0 aromatic rings. The molecule has 0 aliphatic rings. The van der Waals surface area contributed by atoms with Crippen molar-refractivity contribution >= 4 is 29.5 Å². The van der Waals surface area contributed by atoms with Crippen molar-refractivity contribution in [2.45, 2.75) is 44.6 Å². The minimum atomic E-state index is -1.72. The number of ether oxygens (including phenoxy) is 2. The molecule has 1 unspecified atom stereocenters. The smallest absolute Gasteiger partial charge is 0.337 e. The van der Waals surface area contributed by atoms with Crippen molar-refractivity contribution in [3.05, 3.63) is 0 Å². The Kier molecular flexibility index (Phi) is 8.49. The van der Waals surface area contributed by atoms with E-state index < -0.39 is 17.5 Å². The number of methoxy groups -OCH3 is 1. The second-order valence-electron chi connectivity index (χ2n) is 4.01. The lowest BCUT2D eigenvalue weighted by atomic mass is 9.94. The molecule has 0 aliphatic carbocycles. The lowest BCUT2D eigenvalue weighted by Gasteiger charge is -2.24. The fourth-order valence-corrected chi connectivity index (χ4v) is 1.54. The molecule has 104 valence electrons. The average molecular weight is 275 g/mol. The Hall–Kier alpha value is -1.01. The summed E-state index contributed by atoms with van der Waals surface area (Å²) in [4.78, 5) is 23.5. The summed E-state index contributed by atoms with van der Waals surface area (Å²) in [6.07, 6.45) is 2.94. The van der Waals surface area contributed by atoms with Crippen LogP contribution in [-0.2, 0) is 19.1 Å². The van der Waals surface area contributed by atoms with Crippen molar-refractivity contribution < 1.29 is 19.1 Å². The normalized spacial score (nSPS) is 13.5. The first-order valence-corrected chi connectivity index (χ1v) is 6.48.